The van der Waals surface area contributed by atoms with Crippen molar-refractivity contribution in [2.75, 3.05) is 19.5 Å². The van der Waals surface area contributed by atoms with Crippen LogP contribution in [0, 0.1) is 13.8 Å². The molecule has 2 aromatic heterocycles. The van der Waals surface area contributed by atoms with Gasteiger partial charge in [0.2, 0.25) is 0 Å². The molecule has 0 aliphatic carbocycles. The highest BCUT2D eigenvalue weighted by molar-refractivity contribution is 7.99. The molecule has 0 amide bonds. The molecule has 3 rings (SSSR count). The van der Waals surface area contributed by atoms with Gasteiger partial charge in [-0.15, -0.1) is 10.2 Å². The lowest BCUT2D eigenvalue weighted by Crippen LogP contribution is -2.09. The number of aromatic amines is 1. The lowest BCUT2D eigenvalue weighted by atomic mass is 10.1. The summed E-state index contributed by atoms with van der Waals surface area (Å²) in [5.41, 5.74) is 2.81. The second-order valence-corrected chi connectivity index (χ2v) is 7.16. The molecule has 8 nitrogen and oxygen atoms in total. The van der Waals surface area contributed by atoms with E-state index in [1.165, 1.54) is 11.8 Å². The normalized spacial score (nSPS) is 10.8. The minimum Gasteiger partial charge on any atom is -0.495 e. The number of carbonyl (C=O) groups is 2. The van der Waals surface area contributed by atoms with Crippen LogP contribution in [0.1, 0.15) is 39.0 Å². The third-order valence-corrected chi connectivity index (χ3v) is 5.33. The number of Topliss-reactive ketones (excluding diaryl/α,β-unsaturated/α-hetero) is 1. The van der Waals surface area contributed by atoms with Crippen molar-refractivity contribution in [3.8, 4) is 11.4 Å². The van der Waals surface area contributed by atoms with Crippen LogP contribution in [-0.2, 0) is 4.74 Å². The first-order valence-electron chi connectivity index (χ1n) is 9.03. The molecule has 0 aliphatic heterocycles. The minimum absolute atomic E-state index is 0.136. The molecule has 9 heteroatoms. The summed E-state index contributed by atoms with van der Waals surface area (Å²) >= 11 is 1.26. The number of thioether (sulfide) groups is 1. The minimum atomic E-state index is -0.429. The maximum Gasteiger partial charge on any atom is 0.340 e. The number of benzene rings is 1. The quantitative estimate of drug-likeness (QED) is 0.343. The number of hydrogen-bond acceptors (Lipinski definition) is 7. The Balaban J connectivity index is 1.79. The van der Waals surface area contributed by atoms with Crippen LogP contribution in [0.2, 0.25) is 0 Å². The van der Waals surface area contributed by atoms with Gasteiger partial charge in [-0.1, -0.05) is 23.9 Å². The van der Waals surface area contributed by atoms with Crippen LogP contribution in [0.4, 0.5) is 0 Å². The largest absolute Gasteiger partial charge is 0.495 e. The Morgan fingerprint density at radius 2 is 2.00 bits per heavy atom. The molecule has 2 heterocycles. The predicted octanol–water partition coefficient (Wildman–Crippen LogP) is 3.37. The number of para-hydroxylation sites is 2. The van der Waals surface area contributed by atoms with E-state index in [-0.39, 0.29) is 18.1 Å². The molecule has 0 radical (unpaired) electrons. The average Bonchev–Trinajstić information content (AvgIpc) is 3.30. The Morgan fingerprint density at radius 3 is 2.72 bits per heavy atom. The second-order valence-electron chi connectivity index (χ2n) is 6.21. The Bertz CT molecular complexity index is 1040. The molecule has 3 aromatic rings. The van der Waals surface area contributed by atoms with Crippen LogP contribution >= 0.6 is 11.8 Å². The molecule has 152 valence electrons. The number of H-pyrrole nitrogens is 1. The zero-order valence-corrected chi connectivity index (χ0v) is 17.5. The fourth-order valence-corrected chi connectivity index (χ4v) is 3.85. The molecule has 29 heavy (non-hydrogen) atoms. The number of hydrogen-bond donors (Lipinski definition) is 1. The van der Waals surface area contributed by atoms with E-state index in [4.69, 9.17) is 9.47 Å². The number of ketones is 1. The van der Waals surface area contributed by atoms with Gasteiger partial charge in [0.1, 0.15) is 12.1 Å². The highest BCUT2D eigenvalue weighted by Gasteiger charge is 2.23. The van der Waals surface area contributed by atoms with Crippen molar-refractivity contribution < 1.29 is 19.1 Å². The van der Waals surface area contributed by atoms with Crippen LogP contribution in [0.25, 0.3) is 5.69 Å². The van der Waals surface area contributed by atoms with E-state index < -0.39 is 5.97 Å². The van der Waals surface area contributed by atoms with Crippen LogP contribution in [0.15, 0.2) is 35.7 Å². The third-order valence-electron chi connectivity index (χ3n) is 4.39. The van der Waals surface area contributed by atoms with Gasteiger partial charge in [0, 0.05) is 5.69 Å². The van der Waals surface area contributed by atoms with Gasteiger partial charge >= 0.3 is 5.97 Å². The molecule has 0 aliphatic rings. The number of ether oxygens (including phenoxy) is 2. The van der Waals surface area contributed by atoms with Crippen molar-refractivity contribution in [2.24, 2.45) is 0 Å². The summed E-state index contributed by atoms with van der Waals surface area (Å²) in [6.07, 6.45) is 1.58. The lowest BCUT2D eigenvalue weighted by Gasteiger charge is -2.10. The monoisotopic (exact) mass is 414 g/mol. The van der Waals surface area contributed by atoms with E-state index in [1.54, 1.807) is 38.8 Å². The number of methoxy groups -OCH3 is 1. The van der Waals surface area contributed by atoms with Gasteiger partial charge in [-0.05, 0) is 38.5 Å². The number of aryl methyl sites for hydroxylation is 1. The van der Waals surface area contributed by atoms with E-state index in [1.807, 2.05) is 24.3 Å². The van der Waals surface area contributed by atoms with E-state index in [0.29, 0.717) is 33.4 Å². The molecule has 1 aromatic carbocycles. The standard InChI is InChI=1S/C20H22N4O4S/c1-5-28-19(26)17-12(2)18(22-13(17)3)15(25)10-29-20-23-21-11-24(20)14-8-6-7-9-16(14)27-4/h6-9,11,22H,5,10H2,1-4H3. The van der Waals surface area contributed by atoms with E-state index >= 15 is 0 Å². The third kappa shape index (κ3) is 4.19. The van der Waals surface area contributed by atoms with Crippen molar-refractivity contribution in [2.45, 2.75) is 25.9 Å². The Labute approximate surface area is 172 Å². The highest BCUT2D eigenvalue weighted by Crippen LogP contribution is 2.27. The molecular formula is C20H22N4O4S. The smallest absolute Gasteiger partial charge is 0.340 e. The van der Waals surface area contributed by atoms with Gasteiger partial charge in [0.05, 0.1) is 36.4 Å². The Hall–Kier alpha value is -3.07. The first-order chi connectivity index (χ1) is 14.0. The molecule has 1 N–H and O–H groups in total. The van der Waals surface area contributed by atoms with Gasteiger partial charge < -0.3 is 14.5 Å². The summed E-state index contributed by atoms with van der Waals surface area (Å²) in [6.45, 7) is 5.52. The molecule has 0 spiro atoms. The van der Waals surface area contributed by atoms with E-state index in [9.17, 15) is 9.59 Å². The summed E-state index contributed by atoms with van der Waals surface area (Å²) in [4.78, 5) is 27.9. The number of nitrogens with zero attached hydrogens (tertiary/aromatic N) is 3. The highest BCUT2D eigenvalue weighted by atomic mass is 32.2. The number of carbonyl (C=O) groups excluding carboxylic acids is 2. The molecule has 0 saturated carbocycles. The Morgan fingerprint density at radius 1 is 1.24 bits per heavy atom. The van der Waals surface area contributed by atoms with Crippen LogP contribution in [0.5, 0.6) is 5.75 Å². The SMILES string of the molecule is CCOC(=O)c1c(C)[nH]c(C(=O)CSc2nncn2-c2ccccc2OC)c1C. The molecule has 0 bridgehead atoms. The summed E-state index contributed by atoms with van der Waals surface area (Å²) in [5.74, 6) is 0.245. The van der Waals surface area contributed by atoms with Gasteiger partial charge in [0.25, 0.3) is 0 Å². The van der Waals surface area contributed by atoms with Gasteiger partial charge in [-0.25, -0.2) is 4.79 Å². The topological polar surface area (TPSA) is 99.1 Å². The summed E-state index contributed by atoms with van der Waals surface area (Å²) < 4.78 is 12.2. The second kappa shape index (κ2) is 8.95. The molecule has 0 atom stereocenters. The van der Waals surface area contributed by atoms with E-state index in [0.717, 1.165) is 5.69 Å². The van der Waals surface area contributed by atoms with Crippen LogP contribution in [0.3, 0.4) is 0 Å². The maximum atomic E-state index is 12.8. The van der Waals surface area contributed by atoms with Crippen molar-refractivity contribution in [1.82, 2.24) is 19.7 Å². The van der Waals surface area contributed by atoms with Crippen molar-refractivity contribution in [3.63, 3.8) is 0 Å². The summed E-state index contributed by atoms with van der Waals surface area (Å²) in [7, 11) is 1.59. The van der Waals surface area contributed by atoms with Crippen molar-refractivity contribution in [3.05, 3.63) is 53.1 Å². The molecule has 0 saturated heterocycles. The number of esters is 1. The summed E-state index contributed by atoms with van der Waals surface area (Å²) in [6, 6.07) is 7.50. The zero-order chi connectivity index (χ0) is 21.0. The van der Waals surface area contributed by atoms with Crippen molar-refractivity contribution >= 4 is 23.5 Å². The maximum absolute atomic E-state index is 12.8. The zero-order valence-electron chi connectivity index (χ0n) is 16.7. The van der Waals surface area contributed by atoms with Crippen LogP contribution < -0.4 is 4.74 Å². The van der Waals surface area contributed by atoms with Gasteiger partial charge in [-0.3, -0.25) is 9.36 Å². The molecular weight excluding hydrogens is 392 g/mol. The predicted molar refractivity (Wildman–Crippen MR) is 109 cm³/mol. The molecule has 0 fully saturated rings. The summed E-state index contributed by atoms with van der Waals surface area (Å²) in [5, 5.41) is 8.64. The molecule has 0 unspecified atom stereocenters. The number of aromatic nitrogens is 4. The fraction of sp³-hybridized carbons (Fsp3) is 0.300. The Kier molecular flexibility index (Phi) is 6.38. The number of rotatable bonds is 8. The van der Waals surface area contributed by atoms with Gasteiger partial charge in [0.15, 0.2) is 10.9 Å². The fourth-order valence-electron chi connectivity index (χ4n) is 3.06. The average molecular weight is 414 g/mol. The van der Waals surface area contributed by atoms with Gasteiger partial charge in [-0.2, -0.15) is 0 Å². The first-order valence-corrected chi connectivity index (χ1v) is 10.0. The first kappa shape index (κ1) is 20.7. The number of nitrogens with one attached hydrogen (secondary N) is 1. The van der Waals surface area contributed by atoms with Crippen LogP contribution in [-0.4, -0.2) is 51.0 Å². The lowest BCUT2D eigenvalue weighted by molar-refractivity contribution is 0.0525. The van der Waals surface area contributed by atoms with E-state index in [2.05, 4.69) is 15.2 Å². The van der Waals surface area contributed by atoms with Crippen molar-refractivity contribution in [1.29, 1.82) is 0 Å².